The van der Waals surface area contributed by atoms with Crippen molar-refractivity contribution in [2.24, 2.45) is 5.92 Å². The Labute approximate surface area is 183 Å². The number of rotatable bonds is 7. The molecule has 1 heterocycles. The molecule has 8 heteroatoms. The van der Waals surface area contributed by atoms with Gasteiger partial charge in [0.1, 0.15) is 0 Å². The van der Waals surface area contributed by atoms with Crippen molar-refractivity contribution in [1.82, 2.24) is 4.31 Å². The van der Waals surface area contributed by atoms with Crippen molar-refractivity contribution >= 4 is 27.7 Å². The molecule has 1 N–H and O–H groups in total. The van der Waals surface area contributed by atoms with Crippen LogP contribution in [0.3, 0.4) is 0 Å². The Morgan fingerprint density at radius 2 is 1.81 bits per heavy atom. The molecule has 31 heavy (non-hydrogen) atoms. The van der Waals surface area contributed by atoms with Crippen LogP contribution in [0.2, 0.25) is 0 Å². The van der Waals surface area contributed by atoms with E-state index in [1.54, 1.807) is 48.9 Å². The lowest BCUT2D eigenvalue weighted by atomic mass is 10.0. The summed E-state index contributed by atoms with van der Waals surface area (Å²) in [5, 5.41) is 2.74. The van der Waals surface area contributed by atoms with Crippen molar-refractivity contribution in [2.45, 2.75) is 24.7 Å². The van der Waals surface area contributed by atoms with Gasteiger partial charge in [-0.1, -0.05) is 13.0 Å². The van der Waals surface area contributed by atoms with Crippen LogP contribution in [0, 0.1) is 5.92 Å². The van der Waals surface area contributed by atoms with Crippen LogP contribution in [0.1, 0.15) is 25.3 Å². The Kier molecular flexibility index (Phi) is 7.35. The number of methoxy groups -OCH3 is 2. The van der Waals surface area contributed by atoms with E-state index in [9.17, 15) is 13.2 Å². The second kappa shape index (κ2) is 9.98. The molecule has 166 valence electrons. The summed E-state index contributed by atoms with van der Waals surface area (Å²) in [7, 11) is -0.405. The van der Waals surface area contributed by atoms with Crippen LogP contribution in [-0.2, 0) is 14.8 Å². The lowest BCUT2D eigenvalue weighted by Crippen LogP contribution is -2.39. The van der Waals surface area contributed by atoms with Gasteiger partial charge in [0.05, 0.1) is 19.1 Å². The van der Waals surface area contributed by atoms with Crippen LogP contribution in [-0.4, -0.2) is 45.9 Å². The molecule has 1 fully saturated rings. The lowest BCUT2D eigenvalue weighted by Gasteiger charge is -2.30. The first-order valence-corrected chi connectivity index (χ1v) is 11.6. The van der Waals surface area contributed by atoms with Crippen molar-refractivity contribution in [3.8, 4) is 11.5 Å². The third kappa shape index (κ3) is 5.65. The number of hydrogen-bond acceptors (Lipinski definition) is 5. The summed E-state index contributed by atoms with van der Waals surface area (Å²) in [6, 6.07) is 11.6. The first-order valence-electron chi connectivity index (χ1n) is 10.1. The zero-order valence-electron chi connectivity index (χ0n) is 18.0. The minimum absolute atomic E-state index is 0.237. The van der Waals surface area contributed by atoms with Gasteiger partial charge in [0.25, 0.3) is 0 Å². The molecule has 0 saturated carbocycles. The minimum Gasteiger partial charge on any atom is -0.493 e. The standard InChI is InChI=1S/C23H28N2O5S/c1-17-5-4-14-25(16-17)31(27,28)20-10-8-19(9-11-20)24-23(26)13-7-18-6-12-21(29-2)22(15-18)30-3/h6-13,15,17H,4-5,14,16H2,1-3H3,(H,24,26)/b13-7+. The van der Waals surface area contributed by atoms with Crippen LogP contribution < -0.4 is 14.8 Å². The molecular weight excluding hydrogens is 416 g/mol. The Morgan fingerprint density at radius 1 is 1.10 bits per heavy atom. The van der Waals surface area contributed by atoms with Gasteiger partial charge in [-0.05, 0) is 66.8 Å². The number of carbonyl (C=O) groups excluding carboxylic acids is 1. The van der Waals surface area contributed by atoms with Gasteiger partial charge in [0.2, 0.25) is 15.9 Å². The minimum atomic E-state index is -3.51. The summed E-state index contributed by atoms with van der Waals surface area (Å²) in [4.78, 5) is 12.5. The van der Waals surface area contributed by atoms with E-state index in [1.807, 2.05) is 6.07 Å². The summed E-state index contributed by atoms with van der Waals surface area (Å²) in [5.74, 6) is 1.22. The molecule has 0 aliphatic carbocycles. The third-order valence-corrected chi connectivity index (χ3v) is 7.09. The first kappa shape index (κ1) is 22.8. The molecule has 2 aromatic carbocycles. The number of anilines is 1. The topological polar surface area (TPSA) is 84.9 Å². The van der Waals surface area contributed by atoms with Gasteiger partial charge >= 0.3 is 0 Å². The van der Waals surface area contributed by atoms with Gasteiger partial charge in [-0.15, -0.1) is 0 Å². The molecule has 0 bridgehead atoms. The third-order valence-electron chi connectivity index (χ3n) is 5.21. The van der Waals surface area contributed by atoms with E-state index in [4.69, 9.17) is 9.47 Å². The quantitative estimate of drug-likeness (QED) is 0.657. The molecule has 0 spiro atoms. The second-order valence-electron chi connectivity index (χ2n) is 7.57. The average Bonchev–Trinajstić information content (AvgIpc) is 2.77. The highest BCUT2D eigenvalue weighted by Gasteiger charge is 2.28. The van der Waals surface area contributed by atoms with E-state index in [1.165, 1.54) is 18.2 Å². The van der Waals surface area contributed by atoms with Gasteiger partial charge in [0, 0.05) is 24.9 Å². The molecule has 2 aromatic rings. The van der Waals surface area contributed by atoms with Gasteiger partial charge in [0.15, 0.2) is 11.5 Å². The second-order valence-corrected chi connectivity index (χ2v) is 9.51. The van der Waals surface area contributed by atoms with E-state index in [-0.39, 0.29) is 10.8 Å². The molecule has 7 nitrogen and oxygen atoms in total. The van der Waals surface area contributed by atoms with Crippen LogP contribution in [0.5, 0.6) is 11.5 Å². The van der Waals surface area contributed by atoms with E-state index < -0.39 is 10.0 Å². The van der Waals surface area contributed by atoms with Crippen LogP contribution in [0.4, 0.5) is 5.69 Å². The number of nitrogens with one attached hydrogen (secondary N) is 1. The monoisotopic (exact) mass is 444 g/mol. The molecule has 1 aliphatic heterocycles. The molecule has 1 unspecified atom stereocenters. The molecule has 1 amide bonds. The highest BCUT2D eigenvalue weighted by atomic mass is 32.2. The van der Waals surface area contributed by atoms with Gasteiger partial charge < -0.3 is 14.8 Å². The van der Waals surface area contributed by atoms with Crippen molar-refractivity contribution in [2.75, 3.05) is 32.6 Å². The smallest absolute Gasteiger partial charge is 0.248 e. The summed E-state index contributed by atoms with van der Waals surface area (Å²) in [6.45, 7) is 3.16. The number of sulfonamides is 1. The SMILES string of the molecule is COc1ccc(/C=C/C(=O)Nc2ccc(S(=O)(=O)N3CCCC(C)C3)cc2)cc1OC. The van der Waals surface area contributed by atoms with Crippen molar-refractivity contribution in [3.05, 3.63) is 54.1 Å². The molecule has 1 atom stereocenters. The van der Waals surface area contributed by atoms with Crippen LogP contribution >= 0.6 is 0 Å². The maximum atomic E-state index is 12.8. The Morgan fingerprint density at radius 3 is 2.45 bits per heavy atom. The summed E-state index contributed by atoms with van der Waals surface area (Å²) in [5.41, 5.74) is 1.30. The van der Waals surface area contributed by atoms with E-state index >= 15 is 0 Å². The predicted octanol–water partition coefficient (Wildman–Crippen LogP) is 3.78. The first-order chi connectivity index (χ1) is 14.8. The Bertz CT molecular complexity index is 1050. The number of piperidine rings is 1. The lowest BCUT2D eigenvalue weighted by molar-refractivity contribution is -0.111. The largest absolute Gasteiger partial charge is 0.493 e. The molecule has 3 rings (SSSR count). The highest BCUT2D eigenvalue weighted by molar-refractivity contribution is 7.89. The Hall–Kier alpha value is -2.84. The van der Waals surface area contributed by atoms with E-state index in [0.717, 1.165) is 18.4 Å². The zero-order valence-corrected chi connectivity index (χ0v) is 18.8. The van der Waals surface area contributed by atoms with E-state index in [2.05, 4.69) is 12.2 Å². The molecule has 0 aromatic heterocycles. The average molecular weight is 445 g/mol. The fourth-order valence-corrected chi connectivity index (χ4v) is 5.13. The summed E-state index contributed by atoms with van der Waals surface area (Å²) >= 11 is 0. The van der Waals surface area contributed by atoms with Crippen LogP contribution in [0.25, 0.3) is 6.08 Å². The highest BCUT2D eigenvalue weighted by Crippen LogP contribution is 2.28. The van der Waals surface area contributed by atoms with Gasteiger partial charge in [-0.2, -0.15) is 4.31 Å². The summed E-state index contributed by atoms with van der Waals surface area (Å²) in [6.07, 6.45) is 4.99. The predicted molar refractivity (Wildman–Crippen MR) is 121 cm³/mol. The molecular formula is C23H28N2O5S. The zero-order chi connectivity index (χ0) is 22.4. The normalized spacial score (nSPS) is 17.5. The maximum absolute atomic E-state index is 12.8. The number of benzene rings is 2. The Balaban J connectivity index is 1.64. The number of nitrogens with zero attached hydrogens (tertiary/aromatic N) is 1. The number of ether oxygens (including phenoxy) is 2. The number of carbonyl (C=O) groups is 1. The molecule has 1 aliphatic rings. The number of amides is 1. The van der Waals surface area contributed by atoms with Gasteiger partial charge in [-0.25, -0.2) is 8.42 Å². The summed E-state index contributed by atoms with van der Waals surface area (Å²) < 4.78 is 37.7. The molecule has 1 saturated heterocycles. The fraction of sp³-hybridized carbons (Fsp3) is 0.348. The number of hydrogen-bond donors (Lipinski definition) is 1. The van der Waals surface area contributed by atoms with Crippen molar-refractivity contribution < 1.29 is 22.7 Å². The maximum Gasteiger partial charge on any atom is 0.248 e. The molecule has 0 radical (unpaired) electrons. The van der Waals surface area contributed by atoms with Crippen molar-refractivity contribution in [3.63, 3.8) is 0 Å². The van der Waals surface area contributed by atoms with E-state index in [0.29, 0.717) is 36.2 Å². The van der Waals surface area contributed by atoms with Gasteiger partial charge in [-0.3, -0.25) is 4.79 Å². The van der Waals surface area contributed by atoms with Crippen molar-refractivity contribution in [1.29, 1.82) is 0 Å². The van der Waals surface area contributed by atoms with Crippen LogP contribution in [0.15, 0.2) is 53.4 Å². The fourth-order valence-electron chi connectivity index (χ4n) is 3.54.